The van der Waals surface area contributed by atoms with Gasteiger partial charge in [0.2, 0.25) is 0 Å². The van der Waals surface area contributed by atoms with Gasteiger partial charge in [0.15, 0.2) is 0 Å². The minimum atomic E-state index is -1.49. The first-order valence-electron chi connectivity index (χ1n) is 13.2. The van der Waals surface area contributed by atoms with E-state index in [1.165, 1.54) is 0 Å². The maximum atomic E-state index is 12.2. The molecule has 0 aromatic rings. The van der Waals surface area contributed by atoms with Crippen molar-refractivity contribution in [2.45, 2.75) is 101 Å². The van der Waals surface area contributed by atoms with Crippen LogP contribution in [0.3, 0.4) is 0 Å². The smallest absolute Gasteiger partial charge is 0.303 e. The molecule has 0 saturated carbocycles. The molecule has 6 unspecified atom stereocenters. The Bertz CT molecular complexity index is 1150. The van der Waals surface area contributed by atoms with Crippen LogP contribution in [0.4, 0.5) is 0 Å². The maximum Gasteiger partial charge on any atom is 0.303 e. The molecule has 0 aliphatic carbocycles. The third-order valence-electron chi connectivity index (χ3n) is 5.98. The van der Waals surface area contributed by atoms with Crippen molar-refractivity contribution < 1.29 is 66.7 Å². The number of azide groups is 2. The summed E-state index contributed by atoms with van der Waals surface area (Å²) in [6.45, 7) is 5.45. The van der Waals surface area contributed by atoms with Crippen LogP contribution < -0.4 is 0 Å². The van der Waals surface area contributed by atoms with E-state index in [1.54, 1.807) is 0 Å². The van der Waals surface area contributed by atoms with E-state index >= 15 is 0 Å². The zero-order chi connectivity index (χ0) is 33.8. The predicted octanol–water partition coefficient (Wildman–Crippen LogP) is 1.38. The van der Waals surface area contributed by atoms with Crippen molar-refractivity contribution in [3.63, 3.8) is 0 Å². The van der Waals surface area contributed by atoms with E-state index in [9.17, 15) is 39.8 Å². The zero-order valence-corrected chi connectivity index (χ0v) is 25.8. The molecule has 0 radical (unpaired) electrons. The van der Waals surface area contributed by atoms with Crippen molar-refractivity contribution >= 4 is 47.6 Å². The first-order valence-corrected chi connectivity index (χ1v) is 14.1. The first kappa shape index (κ1) is 36.9. The Balaban J connectivity index is 2.66. The number of nitrogens with zero attached hydrogens (tertiary/aromatic N) is 6. The molecule has 0 amide bonds. The zero-order valence-electron chi connectivity index (χ0n) is 25.0. The van der Waals surface area contributed by atoms with E-state index in [0.29, 0.717) is 11.8 Å². The van der Waals surface area contributed by atoms with Crippen molar-refractivity contribution in [1.82, 2.24) is 0 Å². The normalized spacial score (nSPS) is 30.6. The Kier molecular flexibility index (Phi) is 14.2. The molecule has 21 heteroatoms. The highest BCUT2D eigenvalue weighted by Crippen LogP contribution is 2.41. The summed E-state index contributed by atoms with van der Waals surface area (Å²) in [5.41, 5.74) is 15.9. The summed E-state index contributed by atoms with van der Waals surface area (Å²) in [5, 5.41) is 7.36. The maximum absolute atomic E-state index is 12.2. The number of hydrogen-bond donors (Lipinski definition) is 0. The molecular formula is C24H32N6O14S. The second kappa shape index (κ2) is 17.3. The molecule has 0 aromatic carbocycles. The standard InChI is InChI=1S/C24H32N6O14S/c1-9(31)37-7-15-19(39-11(3)33)17(27-29-25)21(41-13(5)35)23(43-15)45-24-22(42-14(6)36)18(28-30-26)20(40-12(4)34)16(44-24)8-38-10(2)32/h15-24H,7-8H2,1-6H3/t15?,16?,17?,18?,19-,20-,21?,22?,23-,24-/m0/s1. The topological polar surface area (TPSA) is 274 Å². The van der Waals surface area contributed by atoms with Crippen LogP contribution in [0.15, 0.2) is 10.2 Å². The minimum absolute atomic E-state index is 0.502. The molecule has 2 aliphatic rings. The van der Waals surface area contributed by atoms with Gasteiger partial charge >= 0.3 is 35.8 Å². The highest BCUT2D eigenvalue weighted by Gasteiger charge is 2.55. The summed E-state index contributed by atoms with van der Waals surface area (Å²) >= 11 is 0.691. The summed E-state index contributed by atoms with van der Waals surface area (Å²) in [6, 6.07) is -2.88. The van der Waals surface area contributed by atoms with E-state index in [0.717, 1.165) is 41.5 Å². The van der Waals surface area contributed by atoms with Crippen molar-refractivity contribution in [2.24, 2.45) is 10.2 Å². The van der Waals surface area contributed by atoms with Crippen LogP contribution in [-0.2, 0) is 66.7 Å². The van der Waals surface area contributed by atoms with Gasteiger partial charge in [0, 0.05) is 51.4 Å². The molecule has 0 bridgehead atoms. The number of esters is 6. The molecular weight excluding hydrogens is 628 g/mol. The number of rotatable bonds is 12. The van der Waals surface area contributed by atoms with Gasteiger partial charge in [-0.1, -0.05) is 22.0 Å². The highest BCUT2D eigenvalue weighted by atomic mass is 32.2. The fourth-order valence-electron chi connectivity index (χ4n) is 4.50. The molecule has 10 atom stereocenters. The summed E-state index contributed by atoms with van der Waals surface area (Å²) in [6.07, 6.45) is -8.36. The summed E-state index contributed by atoms with van der Waals surface area (Å²) < 4.78 is 43.8. The van der Waals surface area contributed by atoms with Crippen molar-refractivity contribution in [1.29, 1.82) is 0 Å². The monoisotopic (exact) mass is 660 g/mol. The molecule has 2 fully saturated rings. The van der Waals surface area contributed by atoms with Crippen LogP contribution in [0, 0.1) is 0 Å². The number of carbonyl (C=O) groups is 6. The second-order valence-corrected chi connectivity index (χ2v) is 10.7. The van der Waals surface area contributed by atoms with Gasteiger partial charge in [0.05, 0.1) is 0 Å². The quantitative estimate of drug-likeness (QED) is 0.0939. The summed E-state index contributed by atoms with van der Waals surface area (Å²) in [5.74, 6) is -4.81. The van der Waals surface area contributed by atoms with Gasteiger partial charge in [-0.15, -0.1) is 0 Å². The first-order chi connectivity index (χ1) is 21.2. The van der Waals surface area contributed by atoms with E-state index in [-0.39, 0.29) is 0 Å². The molecule has 248 valence electrons. The molecule has 0 spiro atoms. The molecule has 2 heterocycles. The van der Waals surface area contributed by atoms with E-state index in [1.807, 2.05) is 0 Å². The molecule has 2 rings (SSSR count). The second-order valence-electron chi connectivity index (χ2n) is 9.51. The van der Waals surface area contributed by atoms with E-state index in [2.05, 4.69) is 20.1 Å². The Morgan fingerprint density at radius 2 is 0.889 bits per heavy atom. The Morgan fingerprint density at radius 1 is 0.578 bits per heavy atom. The lowest BCUT2D eigenvalue weighted by Crippen LogP contribution is -2.62. The molecule has 20 nitrogen and oxygen atoms in total. The third kappa shape index (κ3) is 11.0. The molecule has 0 aromatic heterocycles. The van der Waals surface area contributed by atoms with Crippen LogP contribution >= 0.6 is 11.8 Å². The predicted molar refractivity (Wildman–Crippen MR) is 146 cm³/mol. The number of ether oxygens (including phenoxy) is 8. The lowest BCUT2D eigenvalue weighted by molar-refractivity contribution is -0.205. The molecule has 0 N–H and O–H groups in total. The summed E-state index contributed by atoms with van der Waals surface area (Å²) in [4.78, 5) is 77.0. The molecule has 2 aliphatic heterocycles. The Morgan fingerprint density at radius 3 is 1.16 bits per heavy atom. The largest absolute Gasteiger partial charge is 0.463 e. The Hall–Kier alpha value is -4.29. The van der Waals surface area contributed by atoms with Crippen molar-refractivity contribution in [2.75, 3.05) is 13.2 Å². The lowest BCUT2D eigenvalue weighted by atomic mass is 9.97. The lowest BCUT2D eigenvalue weighted by Gasteiger charge is -2.47. The number of carbonyl (C=O) groups excluding carboxylic acids is 6. The SMILES string of the molecule is CC(=O)OCC1O[C@@H](S[C@@H]2OC(COC(C)=O)[C@H](OC(C)=O)C(N=[N+]=[N-])C2OC(C)=O)C(OC(C)=O)C(N=[N+]=[N-])[C@H]1OC(C)=O. The number of thioether (sulfide) groups is 1. The van der Waals surface area contributed by atoms with Gasteiger partial charge in [-0.25, -0.2) is 0 Å². The van der Waals surface area contributed by atoms with Gasteiger partial charge in [-0.2, -0.15) is 0 Å². The fourth-order valence-corrected chi connectivity index (χ4v) is 5.92. The van der Waals surface area contributed by atoms with Gasteiger partial charge in [-0.3, -0.25) is 28.8 Å². The average molecular weight is 661 g/mol. The summed E-state index contributed by atoms with van der Waals surface area (Å²) in [7, 11) is 0. The molecule has 2 saturated heterocycles. The minimum Gasteiger partial charge on any atom is -0.463 e. The van der Waals surface area contributed by atoms with E-state index < -0.39 is 109 Å². The fraction of sp³-hybridized carbons (Fsp3) is 0.750. The third-order valence-corrected chi connectivity index (χ3v) is 7.28. The van der Waals surface area contributed by atoms with Gasteiger partial charge < -0.3 is 37.9 Å². The van der Waals surface area contributed by atoms with E-state index in [4.69, 9.17) is 37.9 Å². The van der Waals surface area contributed by atoms with Crippen LogP contribution in [0.1, 0.15) is 41.5 Å². The highest BCUT2D eigenvalue weighted by molar-refractivity contribution is 8.00. The van der Waals surface area contributed by atoms with Crippen LogP contribution in [0.25, 0.3) is 20.9 Å². The van der Waals surface area contributed by atoms with Crippen LogP contribution in [0.5, 0.6) is 0 Å². The number of hydrogen-bond acceptors (Lipinski definition) is 17. The van der Waals surface area contributed by atoms with Crippen LogP contribution in [0.2, 0.25) is 0 Å². The van der Waals surface area contributed by atoms with Gasteiger partial charge in [0.1, 0.15) is 72.8 Å². The van der Waals surface area contributed by atoms with Gasteiger partial charge in [0.25, 0.3) is 0 Å². The Labute approximate surface area is 259 Å². The van der Waals surface area contributed by atoms with Crippen LogP contribution in [-0.4, -0.2) is 109 Å². The van der Waals surface area contributed by atoms with Gasteiger partial charge in [-0.05, 0) is 11.1 Å². The van der Waals surface area contributed by atoms with Crippen molar-refractivity contribution in [3.8, 4) is 0 Å². The average Bonchev–Trinajstić information content (AvgIpc) is 2.92. The molecule has 45 heavy (non-hydrogen) atoms. The van der Waals surface area contributed by atoms with Crippen molar-refractivity contribution in [3.05, 3.63) is 20.9 Å².